The lowest BCUT2D eigenvalue weighted by Crippen LogP contribution is -2.24. The normalized spacial score (nSPS) is 11.3. The van der Waals surface area contributed by atoms with Crippen LogP contribution in [0.2, 0.25) is 0 Å². The molecule has 0 atom stereocenters. The molecule has 1 amide bonds. The lowest BCUT2D eigenvalue weighted by molar-refractivity contribution is 0.102. The Morgan fingerprint density at radius 3 is 2.22 bits per heavy atom. The molecule has 2 rings (SSSR count). The maximum Gasteiger partial charge on any atom is 0.255 e. The molecule has 0 aliphatic rings. The van der Waals surface area contributed by atoms with Crippen molar-refractivity contribution in [2.75, 3.05) is 18.5 Å². The number of nitrogens with one attached hydrogen (secondary N) is 2. The summed E-state index contributed by atoms with van der Waals surface area (Å²) < 4.78 is 32.8. The Morgan fingerprint density at radius 2 is 1.67 bits per heavy atom. The first-order valence-electron chi connectivity index (χ1n) is 8.85. The van der Waals surface area contributed by atoms with E-state index in [1.807, 2.05) is 32.9 Å². The predicted octanol–water partition coefficient (Wildman–Crippen LogP) is 3.56. The van der Waals surface area contributed by atoms with Gasteiger partial charge in [-0.05, 0) is 57.0 Å². The van der Waals surface area contributed by atoms with Crippen LogP contribution in [0.1, 0.15) is 40.9 Å². The smallest absolute Gasteiger partial charge is 0.255 e. The standard InChI is InChI=1S/C20H26N2O4S/c1-6-21-27(24,25)18-12-16(8-9-17(18)26-7-2)20(23)22-19-14(4)10-13(3)11-15(19)5/h8-12,21H,6-7H2,1-5H3,(H,22,23). The molecule has 0 radical (unpaired) electrons. The number of hydrogen-bond acceptors (Lipinski definition) is 4. The van der Waals surface area contributed by atoms with Crippen molar-refractivity contribution in [3.8, 4) is 5.75 Å². The molecule has 0 aliphatic carbocycles. The van der Waals surface area contributed by atoms with E-state index in [4.69, 9.17) is 4.74 Å². The van der Waals surface area contributed by atoms with Gasteiger partial charge in [-0.25, -0.2) is 13.1 Å². The third kappa shape index (κ3) is 4.87. The van der Waals surface area contributed by atoms with Crippen molar-refractivity contribution in [1.29, 1.82) is 0 Å². The van der Waals surface area contributed by atoms with Gasteiger partial charge < -0.3 is 10.1 Å². The van der Waals surface area contributed by atoms with Gasteiger partial charge in [0.15, 0.2) is 0 Å². The van der Waals surface area contributed by atoms with E-state index in [1.165, 1.54) is 12.1 Å². The van der Waals surface area contributed by atoms with Crippen LogP contribution in [-0.2, 0) is 10.0 Å². The Bertz CT molecular complexity index is 929. The summed E-state index contributed by atoms with van der Waals surface area (Å²) >= 11 is 0. The second-order valence-electron chi connectivity index (χ2n) is 6.32. The van der Waals surface area contributed by atoms with Crippen LogP contribution < -0.4 is 14.8 Å². The quantitative estimate of drug-likeness (QED) is 0.757. The maximum atomic E-state index is 12.7. The van der Waals surface area contributed by atoms with Gasteiger partial charge in [-0.15, -0.1) is 0 Å². The topological polar surface area (TPSA) is 84.5 Å². The number of carbonyl (C=O) groups is 1. The Labute approximate surface area is 161 Å². The highest BCUT2D eigenvalue weighted by atomic mass is 32.2. The largest absolute Gasteiger partial charge is 0.492 e. The molecule has 0 bridgehead atoms. The van der Waals surface area contributed by atoms with Crippen LogP contribution in [0.4, 0.5) is 5.69 Å². The molecule has 0 unspecified atom stereocenters. The van der Waals surface area contributed by atoms with Crippen molar-refractivity contribution in [2.45, 2.75) is 39.5 Å². The fraction of sp³-hybridized carbons (Fsp3) is 0.350. The highest BCUT2D eigenvalue weighted by Gasteiger charge is 2.21. The molecular formula is C20H26N2O4S. The minimum atomic E-state index is -3.77. The molecule has 0 spiro atoms. The number of rotatable bonds is 7. The highest BCUT2D eigenvalue weighted by molar-refractivity contribution is 7.89. The van der Waals surface area contributed by atoms with E-state index in [0.29, 0.717) is 6.61 Å². The molecule has 0 aliphatic heterocycles. The highest BCUT2D eigenvalue weighted by Crippen LogP contribution is 2.27. The molecule has 0 fully saturated rings. The fourth-order valence-corrected chi connectivity index (χ4v) is 4.17. The SMILES string of the molecule is CCNS(=O)(=O)c1cc(C(=O)Nc2c(C)cc(C)cc2C)ccc1OCC. The second kappa shape index (κ2) is 8.54. The summed E-state index contributed by atoms with van der Waals surface area (Å²) in [4.78, 5) is 12.7. The lowest BCUT2D eigenvalue weighted by Gasteiger charge is -2.15. The van der Waals surface area contributed by atoms with E-state index in [2.05, 4.69) is 10.0 Å². The summed E-state index contributed by atoms with van der Waals surface area (Å²) in [5, 5.41) is 2.89. The first kappa shape index (κ1) is 20.9. The number of carbonyl (C=O) groups excluding carboxylic acids is 1. The van der Waals surface area contributed by atoms with Crippen LogP contribution in [0.15, 0.2) is 35.2 Å². The zero-order valence-electron chi connectivity index (χ0n) is 16.3. The average molecular weight is 391 g/mol. The monoisotopic (exact) mass is 390 g/mol. The maximum absolute atomic E-state index is 12.7. The number of benzene rings is 2. The minimum Gasteiger partial charge on any atom is -0.492 e. The third-order valence-electron chi connectivity index (χ3n) is 4.05. The predicted molar refractivity (Wildman–Crippen MR) is 107 cm³/mol. The van der Waals surface area contributed by atoms with Crippen molar-refractivity contribution < 1.29 is 17.9 Å². The summed E-state index contributed by atoms with van der Waals surface area (Å²) in [6, 6.07) is 8.39. The zero-order valence-corrected chi connectivity index (χ0v) is 17.2. The van der Waals surface area contributed by atoms with Crippen LogP contribution in [0.25, 0.3) is 0 Å². The number of anilines is 1. The molecule has 2 aromatic carbocycles. The molecule has 2 N–H and O–H groups in total. The second-order valence-corrected chi connectivity index (χ2v) is 8.06. The summed E-state index contributed by atoms with van der Waals surface area (Å²) in [5.41, 5.74) is 3.99. The zero-order chi connectivity index (χ0) is 20.2. The number of sulfonamides is 1. The van der Waals surface area contributed by atoms with Crippen LogP contribution in [-0.4, -0.2) is 27.5 Å². The average Bonchev–Trinajstić information content (AvgIpc) is 2.58. The first-order valence-corrected chi connectivity index (χ1v) is 10.3. The van der Waals surface area contributed by atoms with Crippen LogP contribution >= 0.6 is 0 Å². The van der Waals surface area contributed by atoms with E-state index >= 15 is 0 Å². The van der Waals surface area contributed by atoms with E-state index < -0.39 is 10.0 Å². The van der Waals surface area contributed by atoms with E-state index in [-0.39, 0.29) is 28.7 Å². The number of aryl methyl sites for hydroxylation is 3. The summed E-state index contributed by atoms with van der Waals surface area (Å²) in [6.45, 7) is 9.87. The van der Waals surface area contributed by atoms with E-state index in [9.17, 15) is 13.2 Å². The van der Waals surface area contributed by atoms with Crippen LogP contribution in [0.5, 0.6) is 5.75 Å². The number of hydrogen-bond donors (Lipinski definition) is 2. The Kier molecular flexibility index (Phi) is 6.62. The fourth-order valence-electron chi connectivity index (χ4n) is 2.96. The van der Waals surface area contributed by atoms with Crippen molar-refractivity contribution in [2.24, 2.45) is 0 Å². The van der Waals surface area contributed by atoms with Gasteiger partial charge in [0.1, 0.15) is 10.6 Å². The molecule has 0 saturated heterocycles. The minimum absolute atomic E-state index is 0.0452. The van der Waals surface area contributed by atoms with Gasteiger partial charge in [0.25, 0.3) is 5.91 Å². The molecule has 7 heteroatoms. The summed E-state index contributed by atoms with van der Waals surface area (Å²) in [7, 11) is -3.77. The molecule has 0 aromatic heterocycles. The summed E-state index contributed by atoms with van der Waals surface area (Å²) in [5.74, 6) is -0.154. The van der Waals surface area contributed by atoms with Gasteiger partial charge in [0.2, 0.25) is 10.0 Å². The molecular weight excluding hydrogens is 364 g/mol. The van der Waals surface area contributed by atoms with Crippen molar-refractivity contribution in [3.05, 3.63) is 52.6 Å². The van der Waals surface area contributed by atoms with Gasteiger partial charge in [-0.2, -0.15) is 0 Å². The van der Waals surface area contributed by atoms with Crippen molar-refractivity contribution in [3.63, 3.8) is 0 Å². The van der Waals surface area contributed by atoms with Gasteiger partial charge >= 0.3 is 0 Å². The Balaban J connectivity index is 2.43. The molecule has 27 heavy (non-hydrogen) atoms. The molecule has 0 saturated carbocycles. The lowest BCUT2D eigenvalue weighted by atomic mass is 10.0. The Morgan fingerprint density at radius 1 is 1.04 bits per heavy atom. The van der Waals surface area contributed by atoms with E-state index in [1.54, 1.807) is 19.9 Å². The third-order valence-corrected chi connectivity index (χ3v) is 5.61. The van der Waals surface area contributed by atoms with Gasteiger partial charge in [0, 0.05) is 17.8 Å². The summed E-state index contributed by atoms with van der Waals surface area (Å²) in [6.07, 6.45) is 0. The van der Waals surface area contributed by atoms with Crippen LogP contribution in [0.3, 0.4) is 0 Å². The first-order chi connectivity index (χ1) is 12.7. The molecule has 2 aromatic rings. The van der Waals surface area contributed by atoms with Gasteiger partial charge in [-0.3, -0.25) is 4.79 Å². The molecule has 146 valence electrons. The number of amides is 1. The van der Waals surface area contributed by atoms with Crippen molar-refractivity contribution in [1.82, 2.24) is 4.72 Å². The van der Waals surface area contributed by atoms with Gasteiger partial charge in [0.05, 0.1) is 6.61 Å². The molecule has 6 nitrogen and oxygen atoms in total. The van der Waals surface area contributed by atoms with E-state index in [0.717, 1.165) is 22.4 Å². The Hall–Kier alpha value is -2.38. The molecule has 0 heterocycles. The van der Waals surface area contributed by atoms with Gasteiger partial charge in [-0.1, -0.05) is 24.6 Å². The number of ether oxygens (including phenoxy) is 1. The van der Waals surface area contributed by atoms with Crippen molar-refractivity contribution >= 4 is 21.6 Å². The van der Waals surface area contributed by atoms with Crippen LogP contribution in [0, 0.1) is 20.8 Å².